The molecule has 1 aromatic heterocycles. The third-order valence-electron chi connectivity index (χ3n) is 3.17. The van der Waals surface area contributed by atoms with Gasteiger partial charge in [0.25, 0.3) is 0 Å². The molecule has 8 heteroatoms. The topological polar surface area (TPSA) is 63.8 Å². The van der Waals surface area contributed by atoms with Gasteiger partial charge in [0.15, 0.2) is 4.77 Å². The fourth-order valence-electron chi connectivity index (χ4n) is 1.95. The minimum absolute atomic E-state index is 0.142. The molecule has 1 amide bonds. The number of halogens is 3. The number of carbonyl (C=O) groups excluding carboxylic acids is 1. The lowest BCUT2D eigenvalue weighted by Crippen LogP contribution is -2.41. The third-order valence-corrected chi connectivity index (χ3v) is 3.46. The van der Waals surface area contributed by atoms with Crippen molar-refractivity contribution in [3.8, 4) is 0 Å². The van der Waals surface area contributed by atoms with Gasteiger partial charge in [-0.2, -0.15) is 13.2 Å². The quantitative estimate of drug-likeness (QED) is 0.838. The predicted octanol–water partition coefficient (Wildman–Crippen LogP) is 2.94. The summed E-state index contributed by atoms with van der Waals surface area (Å²) in [6.45, 7) is 3.10. The summed E-state index contributed by atoms with van der Waals surface area (Å²) >= 11 is 5.08. The Morgan fingerprint density at radius 3 is 2.45 bits per heavy atom. The molecule has 0 radical (unpaired) electrons. The van der Waals surface area contributed by atoms with Gasteiger partial charge in [-0.15, -0.1) is 0 Å². The van der Waals surface area contributed by atoms with Crippen molar-refractivity contribution in [3.05, 3.63) is 28.5 Å². The zero-order chi connectivity index (χ0) is 15.3. The second-order valence-corrected chi connectivity index (χ2v) is 5.31. The molecule has 0 unspecified atom stereocenters. The first-order valence-electron chi connectivity index (χ1n) is 5.67. The van der Waals surface area contributed by atoms with Gasteiger partial charge in [-0.05, 0) is 44.3 Å². The van der Waals surface area contributed by atoms with Crippen molar-refractivity contribution in [2.45, 2.75) is 25.6 Å². The molecule has 0 atom stereocenters. The number of hydrogen-bond acceptors (Lipinski definition) is 2. The lowest BCUT2D eigenvalue weighted by atomic mass is 10.0. The molecule has 0 bridgehead atoms. The zero-order valence-electron chi connectivity index (χ0n) is 10.7. The molecule has 0 aliphatic heterocycles. The van der Waals surface area contributed by atoms with Crippen LogP contribution in [-0.4, -0.2) is 15.5 Å². The molecule has 4 nitrogen and oxygen atoms in total. The highest BCUT2D eigenvalue weighted by molar-refractivity contribution is 7.71. The van der Waals surface area contributed by atoms with Crippen molar-refractivity contribution >= 4 is 29.2 Å². The Kier molecular flexibility index (Phi) is 3.16. The van der Waals surface area contributed by atoms with E-state index >= 15 is 0 Å². The number of alkyl halides is 3. The van der Waals surface area contributed by atoms with Gasteiger partial charge in [0.2, 0.25) is 5.91 Å². The molecular formula is C12H12F3N3OS. The van der Waals surface area contributed by atoms with E-state index < -0.39 is 23.2 Å². The average molecular weight is 303 g/mol. The second-order valence-electron chi connectivity index (χ2n) is 4.92. The number of aromatic amines is 1. The lowest BCUT2D eigenvalue weighted by Gasteiger charge is -2.23. The summed E-state index contributed by atoms with van der Waals surface area (Å²) in [5.41, 5.74) is 3.99. The molecule has 0 aliphatic carbocycles. The number of nitrogens with one attached hydrogen (secondary N) is 1. The van der Waals surface area contributed by atoms with E-state index in [0.29, 0.717) is 5.52 Å². The summed E-state index contributed by atoms with van der Waals surface area (Å²) in [6.07, 6.45) is -4.44. The molecule has 0 spiro atoms. The van der Waals surface area contributed by atoms with E-state index in [1.54, 1.807) is 13.8 Å². The minimum atomic E-state index is -4.44. The van der Waals surface area contributed by atoms with Gasteiger partial charge in [-0.3, -0.25) is 4.79 Å². The second kappa shape index (κ2) is 4.34. The molecule has 0 saturated carbocycles. The number of primary amides is 1. The van der Waals surface area contributed by atoms with E-state index in [0.717, 1.165) is 12.1 Å². The van der Waals surface area contributed by atoms with Gasteiger partial charge in [0.1, 0.15) is 5.54 Å². The highest BCUT2D eigenvalue weighted by atomic mass is 32.1. The molecule has 0 fully saturated rings. The zero-order valence-corrected chi connectivity index (χ0v) is 11.5. The number of imidazole rings is 1. The molecule has 20 heavy (non-hydrogen) atoms. The summed E-state index contributed by atoms with van der Waals surface area (Å²) in [5.74, 6) is -0.630. The summed E-state index contributed by atoms with van der Waals surface area (Å²) in [6, 6.07) is 3.17. The van der Waals surface area contributed by atoms with Crippen LogP contribution in [-0.2, 0) is 16.5 Å². The molecule has 2 aromatic rings. The first-order chi connectivity index (χ1) is 9.05. The lowest BCUT2D eigenvalue weighted by molar-refractivity contribution is -0.137. The van der Waals surface area contributed by atoms with Crippen LogP contribution in [0.4, 0.5) is 13.2 Å². The maximum atomic E-state index is 12.7. The molecule has 108 valence electrons. The summed E-state index contributed by atoms with van der Waals surface area (Å²) < 4.78 is 39.6. The smallest absolute Gasteiger partial charge is 0.368 e. The van der Waals surface area contributed by atoms with Crippen molar-refractivity contribution < 1.29 is 18.0 Å². The molecular weight excluding hydrogens is 291 g/mol. The van der Waals surface area contributed by atoms with Crippen LogP contribution in [0.5, 0.6) is 0 Å². The van der Waals surface area contributed by atoms with E-state index in [1.165, 1.54) is 10.6 Å². The molecule has 1 aromatic carbocycles. The van der Waals surface area contributed by atoms with Crippen LogP contribution in [0.1, 0.15) is 19.4 Å². The van der Waals surface area contributed by atoms with E-state index in [4.69, 9.17) is 18.0 Å². The standard InChI is InChI=1S/C12H12F3N3OS/c1-11(2,9(16)19)18-8-4-3-6(12(13,14)15)5-7(8)17-10(18)20/h3-5H,1-2H3,(H2,16,19)(H,17,20). The number of nitrogens with two attached hydrogens (primary N) is 1. The van der Waals surface area contributed by atoms with Crippen LogP contribution in [0.25, 0.3) is 11.0 Å². The minimum Gasteiger partial charge on any atom is -0.368 e. The van der Waals surface area contributed by atoms with Crippen LogP contribution in [0, 0.1) is 4.77 Å². The monoisotopic (exact) mass is 303 g/mol. The number of aromatic nitrogens is 2. The van der Waals surface area contributed by atoms with Gasteiger partial charge in [-0.1, -0.05) is 0 Å². The number of fused-ring (bicyclic) bond motifs is 1. The van der Waals surface area contributed by atoms with Gasteiger partial charge in [0, 0.05) is 0 Å². The first-order valence-corrected chi connectivity index (χ1v) is 6.08. The molecule has 0 aliphatic rings. The summed E-state index contributed by atoms with van der Waals surface area (Å²) in [4.78, 5) is 14.2. The highest BCUT2D eigenvalue weighted by Gasteiger charge is 2.33. The van der Waals surface area contributed by atoms with Crippen molar-refractivity contribution in [3.63, 3.8) is 0 Å². The Labute approximate surface area is 117 Å². The van der Waals surface area contributed by atoms with Crippen molar-refractivity contribution in [2.24, 2.45) is 5.73 Å². The van der Waals surface area contributed by atoms with Crippen LogP contribution in [0.3, 0.4) is 0 Å². The number of rotatable bonds is 2. The Balaban J connectivity index is 2.75. The molecule has 2 rings (SSSR count). The maximum absolute atomic E-state index is 12.7. The van der Waals surface area contributed by atoms with E-state index in [-0.39, 0.29) is 10.3 Å². The Bertz CT molecular complexity index is 742. The number of carbonyl (C=O) groups is 1. The van der Waals surface area contributed by atoms with Gasteiger partial charge >= 0.3 is 6.18 Å². The number of benzene rings is 1. The van der Waals surface area contributed by atoms with Crippen molar-refractivity contribution in [2.75, 3.05) is 0 Å². The van der Waals surface area contributed by atoms with Crippen molar-refractivity contribution in [1.82, 2.24) is 9.55 Å². The average Bonchev–Trinajstić information content (AvgIpc) is 2.62. The van der Waals surface area contributed by atoms with Gasteiger partial charge in [0.05, 0.1) is 16.6 Å². The number of amides is 1. The predicted molar refractivity (Wildman–Crippen MR) is 70.6 cm³/mol. The number of hydrogen-bond donors (Lipinski definition) is 2. The van der Waals surface area contributed by atoms with E-state index in [2.05, 4.69) is 4.98 Å². The Hall–Kier alpha value is -1.83. The summed E-state index contributed by atoms with van der Waals surface area (Å²) in [5, 5.41) is 0. The van der Waals surface area contributed by atoms with E-state index in [9.17, 15) is 18.0 Å². The van der Waals surface area contributed by atoms with Gasteiger partial charge in [-0.25, -0.2) is 0 Å². The van der Waals surface area contributed by atoms with Crippen LogP contribution in [0.2, 0.25) is 0 Å². The van der Waals surface area contributed by atoms with Crippen LogP contribution in [0.15, 0.2) is 18.2 Å². The third kappa shape index (κ3) is 2.20. The van der Waals surface area contributed by atoms with Crippen molar-refractivity contribution in [1.29, 1.82) is 0 Å². The van der Waals surface area contributed by atoms with Crippen LogP contribution >= 0.6 is 12.2 Å². The maximum Gasteiger partial charge on any atom is 0.416 e. The van der Waals surface area contributed by atoms with Gasteiger partial charge < -0.3 is 15.3 Å². The Morgan fingerprint density at radius 2 is 1.95 bits per heavy atom. The Morgan fingerprint density at radius 1 is 1.35 bits per heavy atom. The SMILES string of the molecule is CC(C)(C(N)=O)n1c(=S)[nH]c2cc(C(F)(F)F)ccc21. The normalized spacial score (nSPS) is 12.8. The molecule has 1 heterocycles. The molecule has 3 N–H and O–H groups in total. The largest absolute Gasteiger partial charge is 0.416 e. The van der Waals surface area contributed by atoms with E-state index in [1.807, 2.05) is 0 Å². The molecule has 0 saturated heterocycles. The fraction of sp³-hybridized carbons (Fsp3) is 0.333. The number of H-pyrrole nitrogens is 1. The number of nitrogens with zero attached hydrogens (tertiary/aromatic N) is 1. The highest BCUT2D eigenvalue weighted by Crippen LogP contribution is 2.32. The summed E-state index contributed by atoms with van der Waals surface area (Å²) in [7, 11) is 0. The van der Waals surface area contributed by atoms with Crippen LogP contribution < -0.4 is 5.73 Å². The first kappa shape index (κ1) is 14.6. The fourth-order valence-corrected chi connectivity index (χ4v) is 2.39.